The Morgan fingerprint density at radius 3 is 2.76 bits per heavy atom. The molecule has 7 heteroatoms. The molecule has 2 aromatic carbocycles. The van der Waals surface area contributed by atoms with Crippen LogP contribution in [0.5, 0.6) is 0 Å². The number of anilines is 1. The van der Waals surface area contributed by atoms with Crippen molar-refractivity contribution in [2.24, 2.45) is 0 Å². The Bertz CT molecular complexity index is 1150. The van der Waals surface area contributed by atoms with E-state index in [0.717, 1.165) is 10.9 Å². The van der Waals surface area contributed by atoms with Gasteiger partial charge in [-0.3, -0.25) is 4.79 Å². The van der Waals surface area contributed by atoms with Crippen molar-refractivity contribution in [1.29, 1.82) is 5.26 Å². The highest BCUT2D eigenvalue weighted by Crippen LogP contribution is 2.20. The lowest BCUT2D eigenvalue weighted by Gasteiger charge is -2.12. The predicted molar refractivity (Wildman–Crippen MR) is 111 cm³/mol. The number of halogens is 1. The second kappa shape index (κ2) is 9.00. The van der Waals surface area contributed by atoms with Gasteiger partial charge in [0, 0.05) is 17.1 Å². The summed E-state index contributed by atoms with van der Waals surface area (Å²) in [6, 6.07) is 17.8. The molecule has 0 saturated carbocycles. The normalized spacial score (nSPS) is 11.8. The molecule has 1 heterocycles. The molecule has 29 heavy (non-hydrogen) atoms. The van der Waals surface area contributed by atoms with Crippen LogP contribution in [0.15, 0.2) is 60.7 Å². The van der Waals surface area contributed by atoms with Gasteiger partial charge in [0.15, 0.2) is 6.10 Å². The lowest BCUT2D eigenvalue weighted by molar-refractivity contribution is -0.148. The third-order valence-corrected chi connectivity index (χ3v) is 4.34. The Morgan fingerprint density at radius 1 is 1.21 bits per heavy atom. The van der Waals surface area contributed by atoms with Crippen LogP contribution < -0.4 is 5.32 Å². The van der Waals surface area contributed by atoms with E-state index in [1.54, 1.807) is 12.1 Å². The first-order valence-electron chi connectivity index (χ1n) is 8.71. The molecule has 0 spiro atoms. The maximum atomic E-state index is 12.2. The van der Waals surface area contributed by atoms with Gasteiger partial charge in [-0.05, 0) is 43.3 Å². The van der Waals surface area contributed by atoms with E-state index in [1.807, 2.05) is 36.4 Å². The Labute approximate surface area is 172 Å². The highest BCUT2D eigenvalue weighted by molar-refractivity contribution is 6.32. The Kier molecular flexibility index (Phi) is 6.22. The van der Waals surface area contributed by atoms with Crippen LogP contribution in [0.25, 0.3) is 17.0 Å². The minimum absolute atomic E-state index is 0.223. The zero-order chi connectivity index (χ0) is 20.8. The van der Waals surface area contributed by atoms with Crippen molar-refractivity contribution in [2.45, 2.75) is 13.0 Å². The fourth-order valence-electron chi connectivity index (χ4n) is 2.52. The summed E-state index contributed by atoms with van der Waals surface area (Å²) in [6.45, 7) is 1.46. The number of nitriles is 1. The minimum atomic E-state index is -1.02. The fourth-order valence-corrected chi connectivity index (χ4v) is 2.75. The van der Waals surface area contributed by atoms with Crippen molar-refractivity contribution < 1.29 is 14.3 Å². The van der Waals surface area contributed by atoms with Gasteiger partial charge < -0.3 is 10.1 Å². The van der Waals surface area contributed by atoms with Crippen LogP contribution in [0.2, 0.25) is 5.02 Å². The number of pyridine rings is 1. The summed E-state index contributed by atoms with van der Waals surface area (Å²) >= 11 is 5.94. The third-order valence-electron chi connectivity index (χ3n) is 4.03. The van der Waals surface area contributed by atoms with Crippen LogP contribution in [0.3, 0.4) is 0 Å². The summed E-state index contributed by atoms with van der Waals surface area (Å²) in [6.07, 6.45) is 1.73. The van der Waals surface area contributed by atoms with Crippen molar-refractivity contribution >= 4 is 46.1 Å². The first kappa shape index (κ1) is 20.1. The molecule has 0 bridgehead atoms. The lowest BCUT2D eigenvalue weighted by Crippen LogP contribution is -2.29. The predicted octanol–water partition coefficient (Wildman–Crippen LogP) is 4.34. The maximum absolute atomic E-state index is 12.2. The molecule has 1 unspecified atom stereocenters. The van der Waals surface area contributed by atoms with Gasteiger partial charge in [0.1, 0.15) is 6.07 Å². The van der Waals surface area contributed by atoms with Crippen LogP contribution in [-0.4, -0.2) is 23.0 Å². The maximum Gasteiger partial charge on any atom is 0.331 e. The molecular weight excluding hydrogens is 390 g/mol. The smallest absolute Gasteiger partial charge is 0.331 e. The first-order valence-corrected chi connectivity index (χ1v) is 9.09. The van der Waals surface area contributed by atoms with Gasteiger partial charge >= 0.3 is 5.97 Å². The van der Waals surface area contributed by atoms with Crippen molar-refractivity contribution in [3.8, 4) is 6.07 Å². The fraction of sp³-hybridized carbons (Fsp3) is 0.0909. The van der Waals surface area contributed by atoms with Gasteiger partial charge in [-0.25, -0.2) is 9.78 Å². The van der Waals surface area contributed by atoms with E-state index in [1.165, 1.54) is 31.2 Å². The summed E-state index contributed by atoms with van der Waals surface area (Å²) in [5.41, 5.74) is 2.12. The third kappa shape index (κ3) is 5.18. The van der Waals surface area contributed by atoms with E-state index in [-0.39, 0.29) is 5.02 Å². The molecule has 0 aliphatic heterocycles. The molecule has 1 aromatic heterocycles. The highest BCUT2D eigenvalue weighted by atomic mass is 35.5. The Balaban J connectivity index is 1.58. The number of rotatable bonds is 5. The number of hydrogen-bond acceptors (Lipinski definition) is 5. The van der Waals surface area contributed by atoms with Crippen LogP contribution in [0.1, 0.15) is 18.2 Å². The van der Waals surface area contributed by atoms with E-state index < -0.39 is 18.0 Å². The number of esters is 1. The van der Waals surface area contributed by atoms with Crippen LogP contribution in [0, 0.1) is 11.3 Å². The second-order valence-corrected chi connectivity index (χ2v) is 6.54. The molecule has 1 atom stereocenters. The molecule has 1 N–H and O–H groups in total. The molecule has 1 amide bonds. The number of hydrogen-bond donors (Lipinski definition) is 1. The number of nitrogens with zero attached hydrogens (tertiary/aromatic N) is 2. The highest BCUT2D eigenvalue weighted by Gasteiger charge is 2.17. The van der Waals surface area contributed by atoms with Crippen molar-refractivity contribution in [2.75, 3.05) is 5.32 Å². The monoisotopic (exact) mass is 405 g/mol. The molecule has 0 fully saturated rings. The number of benzene rings is 2. The summed E-state index contributed by atoms with van der Waals surface area (Å²) in [7, 11) is 0. The number of fused-ring (bicyclic) bond motifs is 1. The zero-order valence-corrected chi connectivity index (χ0v) is 16.2. The van der Waals surface area contributed by atoms with Crippen LogP contribution in [0.4, 0.5) is 5.69 Å². The van der Waals surface area contributed by atoms with Gasteiger partial charge in [-0.2, -0.15) is 5.26 Å². The van der Waals surface area contributed by atoms with E-state index in [4.69, 9.17) is 21.6 Å². The summed E-state index contributed by atoms with van der Waals surface area (Å²) in [4.78, 5) is 28.6. The molecular formula is C22H16ClN3O3. The summed E-state index contributed by atoms with van der Waals surface area (Å²) < 4.78 is 5.12. The molecule has 0 saturated heterocycles. The molecule has 6 nitrogen and oxygen atoms in total. The molecule has 3 rings (SSSR count). The van der Waals surface area contributed by atoms with Crippen LogP contribution in [-0.2, 0) is 14.3 Å². The Hall–Kier alpha value is -3.69. The number of amides is 1. The zero-order valence-electron chi connectivity index (χ0n) is 15.4. The second-order valence-electron chi connectivity index (χ2n) is 6.14. The number of para-hydroxylation sites is 1. The average Bonchev–Trinajstić information content (AvgIpc) is 2.72. The van der Waals surface area contributed by atoms with Gasteiger partial charge in [0.05, 0.1) is 21.8 Å². The lowest BCUT2D eigenvalue weighted by atomic mass is 10.2. The number of ether oxygens (including phenoxy) is 1. The molecule has 0 aliphatic rings. The summed E-state index contributed by atoms with van der Waals surface area (Å²) in [5.74, 6) is -1.18. The standard InChI is InChI=1S/C22H16ClN3O3/c1-14(22(28)26-18-9-7-16(13-24)19(23)12-18)29-21(27)11-10-17-8-6-15-4-2-3-5-20(15)25-17/h2-12,14H,1H3,(H,26,28)/b11-10+. The largest absolute Gasteiger partial charge is 0.449 e. The summed E-state index contributed by atoms with van der Waals surface area (Å²) in [5, 5.41) is 12.7. The van der Waals surface area contributed by atoms with Gasteiger partial charge in [-0.1, -0.05) is 35.9 Å². The first-order chi connectivity index (χ1) is 14.0. The number of carbonyl (C=O) groups excluding carboxylic acids is 2. The SMILES string of the molecule is CC(OC(=O)/C=C/c1ccc2ccccc2n1)C(=O)Nc1ccc(C#N)c(Cl)c1. The van der Waals surface area contributed by atoms with Crippen molar-refractivity contribution in [3.05, 3.63) is 77.0 Å². The molecule has 3 aromatic rings. The molecule has 144 valence electrons. The van der Waals surface area contributed by atoms with Gasteiger partial charge in [0.25, 0.3) is 5.91 Å². The molecule has 0 aliphatic carbocycles. The topological polar surface area (TPSA) is 92.1 Å². The van der Waals surface area contributed by atoms with E-state index in [9.17, 15) is 9.59 Å². The van der Waals surface area contributed by atoms with E-state index in [0.29, 0.717) is 16.9 Å². The number of carbonyl (C=O) groups is 2. The van der Waals surface area contributed by atoms with Crippen LogP contribution >= 0.6 is 11.6 Å². The quantitative estimate of drug-likeness (QED) is 0.503. The number of nitrogens with one attached hydrogen (secondary N) is 1. The molecule has 0 radical (unpaired) electrons. The number of aromatic nitrogens is 1. The van der Waals surface area contributed by atoms with Crippen molar-refractivity contribution in [3.63, 3.8) is 0 Å². The average molecular weight is 406 g/mol. The van der Waals surface area contributed by atoms with E-state index in [2.05, 4.69) is 10.3 Å². The minimum Gasteiger partial charge on any atom is -0.449 e. The Morgan fingerprint density at radius 2 is 2.00 bits per heavy atom. The van der Waals surface area contributed by atoms with E-state index >= 15 is 0 Å². The van der Waals surface area contributed by atoms with Crippen molar-refractivity contribution in [1.82, 2.24) is 4.98 Å². The van der Waals surface area contributed by atoms with Gasteiger partial charge in [-0.15, -0.1) is 0 Å². The van der Waals surface area contributed by atoms with Gasteiger partial charge in [0.2, 0.25) is 0 Å².